The van der Waals surface area contributed by atoms with Gasteiger partial charge in [-0.3, -0.25) is 0 Å². The highest BCUT2D eigenvalue weighted by Gasteiger charge is 2.13. The topological polar surface area (TPSA) is 29.4 Å². The van der Waals surface area contributed by atoms with Crippen LogP contribution in [0.1, 0.15) is 40.5 Å². The lowest BCUT2D eigenvalue weighted by Crippen LogP contribution is -2.12. The molecule has 0 aromatic rings. The van der Waals surface area contributed by atoms with Crippen molar-refractivity contribution in [3.8, 4) is 0 Å². The van der Waals surface area contributed by atoms with Crippen LogP contribution in [0.3, 0.4) is 0 Å². The van der Waals surface area contributed by atoms with E-state index >= 15 is 0 Å². The number of hydrogen-bond donors (Lipinski definition) is 0. The minimum Gasteiger partial charge on any atom is -0.151 e. The fourth-order valence-corrected chi connectivity index (χ4v) is 1.01. The Hall–Kier alpha value is -0.400. The van der Waals surface area contributed by atoms with E-state index in [1.165, 1.54) is 0 Å². The summed E-state index contributed by atoms with van der Waals surface area (Å²) >= 11 is 0. The van der Waals surface area contributed by atoms with Crippen LogP contribution in [0.2, 0.25) is 0 Å². The second kappa shape index (κ2) is 5.28. The SMILES string of the molecule is CC(C)CCC(N=O)C(C)C. The molecule has 1 atom stereocenters. The highest BCUT2D eigenvalue weighted by molar-refractivity contribution is 4.69. The van der Waals surface area contributed by atoms with Crippen molar-refractivity contribution in [2.24, 2.45) is 17.0 Å². The van der Waals surface area contributed by atoms with E-state index in [0.717, 1.165) is 12.8 Å². The van der Waals surface area contributed by atoms with E-state index in [1.54, 1.807) is 0 Å². The summed E-state index contributed by atoms with van der Waals surface area (Å²) in [5, 5.41) is 3.11. The highest BCUT2D eigenvalue weighted by Crippen LogP contribution is 2.15. The molecular weight excluding hydrogens is 138 g/mol. The quantitative estimate of drug-likeness (QED) is 0.563. The first kappa shape index (κ1) is 10.6. The van der Waals surface area contributed by atoms with Crippen LogP contribution < -0.4 is 0 Å². The molecule has 0 N–H and O–H groups in total. The smallest absolute Gasteiger partial charge is 0.0942 e. The van der Waals surface area contributed by atoms with E-state index in [1.807, 2.05) is 13.8 Å². The number of nitrogens with zero attached hydrogens (tertiary/aromatic N) is 1. The molecule has 0 fully saturated rings. The van der Waals surface area contributed by atoms with Crippen molar-refractivity contribution in [2.75, 3.05) is 0 Å². The Morgan fingerprint density at radius 2 is 1.64 bits per heavy atom. The van der Waals surface area contributed by atoms with Gasteiger partial charge in [0.25, 0.3) is 0 Å². The summed E-state index contributed by atoms with van der Waals surface area (Å²) in [5.74, 6) is 1.07. The zero-order chi connectivity index (χ0) is 8.85. The van der Waals surface area contributed by atoms with Gasteiger partial charge in [-0.2, -0.15) is 4.91 Å². The molecule has 0 aliphatic rings. The zero-order valence-corrected chi connectivity index (χ0v) is 8.00. The molecule has 0 aliphatic heterocycles. The van der Waals surface area contributed by atoms with Gasteiger partial charge in [-0.05, 0) is 24.7 Å². The molecular formula is C9H19NO. The lowest BCUT2D eigenvalue weighted by Gasteiger charge is -2.13. The molecule has 2 heteroatoms. The third kappa shape index (κ3) is 4.93. The molecule has 0 saturated carbocycles. The molecule has 0 amide bonds. The molecule has 11 heavy (non-hydrogen) atoms. The molecule has 0 aliphatic carbocycles. The van der Waals surface area contributed by atoms with Gasteiger partial charge in [0.1, 0.15) is 0 Å². The zero-order valence-electron chi connectivity index (χ0n) is 8.00. The molecule has 2 nitrogen and oxygen atoms in total. The molecule has 66 valence electrons. The fraction of sp³-hybridized carbons (Fsp3) is 1.00. The third-order valence-electron chi connectivity index (χ3n) is 1.94. The highest BCUT2D eigenvalue weighted by atomic mass is 16.3. The van der Waals surface area contributed by atoms with Crippen molar-refractivity contribution in [1.29, 1.82) is 0 Å². The third-order valence-corrected chi connectivity index (χ3v) is 1.94. The Morgan fingerprint density at radius 3 is 1.91 bits per heavy atom. The second-order valence-electron chi connectivity index (χ2n) is 3.89. The predicted octanol–water partition coefficient (Wildman–Crippen LogP) is 3.21. The van der Waals surface area contributed by atoms with Gasteiger partial charge in [0, 0.05) is 0 Å². The van der Waals surface area contributed by atoms with Crippen molar-refractivity contribution in [2.45, 2.75) is 46.6 Å². The first-order valence-corrected chi connectivity index (χ1v) is 4.40. The lowest BCUT2D eigenvalue weighted by atomic mass is 9.96. The molecule has 0 bridgehead atoms. The summed E-state index contributed by atoms with van der Waals surface area (Å²) < 4.78 is 0. The molecule has 0 rings (SSSR count). The molecule has 0 spiro atoms. The lowest BCUT2D eigenvalue weighted by molar-refractivity contribution is 0.418. The maximum absolute atomic E-state index is 10.3. The Labute approximate surface area is 69.4 Å². The number of nitroso groups, excluding NO2 is 1. The average molecular weight is 157 g/mol. The van der Waals surface area contributed by atoms with Crippen LogP contribution in [-0.2, 0) is 0 Å². The average Bonchev–Trinajstić information content (AvgIpc) is 1.87. The van der Waals surface area contributed by atoms with E-state index in [4.69, 9.17) is 0 Å². The van der Waals surface area contributed by atoms with Crippen LogP contribution in [0.4, 0.5) is 0 Å². The van der Waals surface area contributed by atoms with Gasteiger partial charge < -0.3 is 0 Å². The van der Waals surface area contributed by atoms with E-state index in [0.29, 0.717) is 11.8 Å². The van der Waals surface area contributed by atoms with Crippen LogP contribution in [0, 0.1) is 16.7 Å². The summed E-state index contributed by atoms with van der Waals surface area (Å²) in [6, 6.07) is 0.0254. The number of hydrogen-bond acceptors (Lipinski definition) is 2. The van der Waals surface area contributed by atoms with Crippen molar-refractivity contribution >= 4 is 0 Å². The van der Waals surface area contributed by atoms with Gasteiger partial charge >= 0.3 is 0 Å². The normalized spacial score (nSPS) is 14.0. The molecule has 0 saturated heterocycles. The van der Waals surface area contributed by atoms with Crippen molar-refractivity contribution in [1.82, 2.24) is 0 Å². The van der Waals surface area contributed by atoms with E-state index in [9.17, 15) is 4.91 Å². The first-order valence-electron chi connectivity index (χ1n) is 4.40. The van der Waals surface area contributed by atoms with Crippen LogP contribution in [0.15, 0.2) is 5.18 Å². The molecule has 1 unspecified atom stereocenters. The van der Waals surface area contributed by atoms with Gasteiger partial charge in [-0.1, -0.05) is 32.9 Å². The van der Waals surface area contributed by atoms with Crippen LogP contribution in [-0.4, -0.2) is 6.04 Å². The summed E-state index contributed by atoms with van der Waals surface area (Å²) in [5.41, 5.74) is 0. The van der Waals surface area contributed by atoms with Crippen LogP contribution in [0.25, 0.3) is 0 Å². The van der Waals surface area contributed by atoms with Crippen LogP contribution >= 0.6 is 0 Å². The van der Waals surface area contributed by atoms with Crippen molar-refractivity contribution in [3.63, 3.8) is 0 Å². The molecule has 0 radical (unpaired) electrons. The second-order valence-corrected chi connectivity index (χ2v) is 3.89. The largest absolute Gasteiger partial charge is 0.151 e. The monoisotopic (exact) mass is 157 g/mol. The van der Waals surface area contributed by atoms with Gasteiger partial charge in [0.2, 0.25) is 0 Å². The van der Waals surface area contributed by atoms with Gasteiger partial charge in [0.15, 0.2) is 0 Å². The summed E-state index contributed by atoms with van der Waals surface area (Å²) in [6.45, 7) is 8.43. The van der Waals surface area contributed by atoms with E-state index in [2.05, 4.69) is 19.0 Å². The van der Waals surface area contributed by atoms with E-state index in [-0.39, 0.29) is 6.04 Å². The van der Waals surface area contributed by atoms with Crippen molar-refractivity contribution in [3.05, 3.63) is 4.91 Å². The number of rotatable bonds is 5. The van der Waals surface area contributed by atoms with E-state index < -0.39 is 0 Å². The Balaban J connectivity index is 3.61. The van der Waals surface area contributed by atoms with Gasteiger partial charge in [-0.15, -0.1) is 0 Å². The first-order chi connectivity index (χ1) is 5.07. The maximum Gasteiger partial charge on any atom is 0.0942 e. The molecule has 0 aromatic carbocycles. The fourth-order valence-electron chi connectivity index (χ4n) is 1.01. The Bertz CT molecular complexity index is 110. The maximum atomic E-state index is 10.3. The summed E-state index contributed by atoms with van der Waals surface area (Å²) in [7, 11) is 0. The van der Waals surface area contributed by atoms with Crippen molar-refractivity contribution < 1.29 is 0 Å². The standard InChI is InChI=1S/C9H19NO/c1-7(2)5-6-9(10-11)8(3)4/h7-9H,5-6H2,1-4H3. The van der Waals surface area contributed by atoms with Gasteiger partial charge in [0.05, 0.1) is 6.04 Å². The summed E-state index contributed by atoms with van der Waals surface area (Å²) in [6.07, 6.45) is 2.05. The molecule has 0 aromatic heterocycles. The Morgan fingerprint density at radius 1 is 1.09 bits per heavy atom. The summed E-state index contributed by atoms with van der Waals surface area (Å²) in [4.78, 5) is 10.3. The minimum absolute atomic E-state index is 0.0254. The van der Waals surface area contributed by atoms with Gasteiger partial charge in [-0.25, -0.2) is 0 Å². The predicted molar refractivity (Wildman–Crippen MR) is 48.5 cm³/mol. The minimum atomic E-state index is 0.0254. The molecule has 0 heterocycles. The Kier molecular flexibility index (Phi) is 5.08. The van der Waals surface area contributed by atoms with Crippen LogP contribution in [0.5, 0.6) is 0 Å².